The average Bonchev–Trinajstić information content (AvgIpc) is 2.77. The lowest BCUT2D eigenvalue weighted by Crippen LogP contribution is -2.32. The van der Waals surface area contributed by atoms with Crippen LogP contribution < -0.4 is 21.3 Å². The standard InChI is InChI=1S/C24H32N4O3/c1-5-16(3)26-23(30)18-10-12-20(13-11-18)25-15-22(29)28-21-9-7-8-19(14-21)24(31)27-17(4)6-2/h7-14,16-17,25H,5-6,15H2,1-4H3,(H,26,30)(H,27,31)(H,28,29). The second-order valence-electron chi connectivity index (χ2n) is 7.63. The van der Waals surface area contributed by atoms with E-state index in [1.807, 2.05) is 27.7 Å². The molecule has 2 atom stereocenters. The number of carbonyl (C=O) groups is 3. The first kappa shape index (κ1) is 23.9. The van der Waals surface area contributed by atoms with Gasteiger partial charge in [-0.3, -0.25) is 14.4 Å². The predicted octanol–water partition coefficient (Wildman–Crippen LogP) is 3.79. The molecule has 3 amide bonds. The van der Waals surface area contributed by atoms with Crippen molar-refractivity contribution in [2.24, 2.45) is 0 Å². The van der Waals surface area contributed by atoms with E-state index in [9.17, 15) is 14.4 Å². The van der Waals surface area contributed by atoms with Crippen molar-refractivity contribution in [1.29, 1.82) is 0 Å². The van der Waals surface area contributed by atoms with Crippen molar-refractivity contribution >= 4 is 29.1 Å². The average molecular weight is 425 g/mol. The molecule has 0 fully saturated rings. The van der Waals surface area contributed by atoms with E-state index in [-0.39, 0.29) is 36.3 Å². The summed E-state index contributed by atoms with van der Waals surface area (Å²) >= 11 is 0. The molecule has 2 unspecified atom stereocenters. The Bertz CT molecular complexity index is 896. The van der Waals surface area contributed by atoms with Crippen LogP contribution in [0.2, 0.25) is 0 Å². The van der Waals surface area contributed by atoms with E-state index < -0.39 is 0 Å². The summed E-state index contributed by atoms with van der Waals surface area (Å²) in [6, 6.07) is 14.0. The van der Waals surface area contributed by atoms with Gasteiger partial charge >= 0.3 is 0 Å². The van der Waals surface area contributed by atoms with E-state index >= 15 is 0 Å². The van der Waals surface area contributed by atoms with Gasteiger partial charge in [0, 0.05) is 34.6 Å². The molecule has 0 heterocycles. The van der Waals surface area contributed by atoms with Crippen molar-refractivity contribution in [3.05, 3.63) is 59.7 Å². The van der Waals surface area contributed by atoms with Gasteiger partial charge in [0.25, 0.3) is 11.8 Å². The molecule has 0 radical (unpaired) electrons. The molecule has 0 saturated carbocycles. The maximum Gasteiger partial charge on any atom is 0.251 e. The van der Waals surface area contributed by atoms with Crippen LogP contribution in [0, 0.1) is 0 Å². The zero-order valence-corrected chi connectivity index (χ0v) is 18.6. The van der Waals surface area contributed by atoms with Crippen LogP contribution in [0.3, 0.4) is 0 Å². The van der Waals surface area contributed by atoms with Crippen LogP contribution in [-0.2, 0) is 4.79 Å². The van der Waals surface area contributed by atoms with Gasteiger partial charge in [-0.2, -0.15) is 0 Å². The molecule has 7 nitrogen and oxygen atoms in total. The van der Waals surface area contributed by atoms with Gasteiger partial charge in [0.1, 0.15) is 0 Å². The second-order valence-corrected chi connectivity index (χ2v) is 7.63. The van der Waals surface area contributed by atoms with E-state index in [1.165, 1.54) is 0 Å². The molecular formula is C24H32N4O3. The molecule has 2 rings (SSSR count). The number of amides is 3. The molecule has 2 aromatic rings. The first-order valence-electron chi connectivity index (χ1n) is 10.7. The normalized spacial score (nSPS) is 12.4. The van der Waals surface area contributed by atoms with Gasteiger partial charge in [0.05, 0.1) is 6.54 Å². The summed E-state index contributed by atoms with van der Waals surface area (Å²) in [7, 11) is 0. The van der Waals surface area contributed by atoms with Crippen LogP contribution in [0.25, 0.3) is 0 Å². The van der Waals surface area contributed by atoms with Crippen molar-refractivity contribution in [2.45, 2.75) is 52.6 Å². The van der Waals surface area contributed by atoms with Crippen LogP contribution >= 0.6 is 0 Å². The van der Waals surface area contributed by atoms with Crippen LogP contribution in [0.15, 0.2) is 48.5 Å². The second kappa shape index (κ2) is 11.7. The van der Waals surface area contributed by atoms with Crippen LogP contribution in [0.1, 0.15) is 61.3 Å². The first-order valence-corrected chi connectivity index (χ1v) is 10.7. The molecule has 0 saturated heterocycles. The van der Waals surface area contributed by atoms with Gasteiger partial charge in [0.15, 0.2) is 0 Å². The van der Waals surface area contributed by atoms with Gasteiger partial charge in [-0.25, -0.2) is 0 Å². The van der Waals surface area contributed by atoms with Crippen molar-refractivity contribution in [3.63, 3.8) is 0 Å². The SMILES string of the molecule is CCC(C)NC(=O)c1ccc(NCC(=O)Nc2cccc(C(=O)NC(C)CC)c2)cc1. The van der Waals surface area contributed by atoms with Gasteiger partial charge < -0.3 is 21.3 Å². The molecule has 0 spiro atoms. The molecule has 0 bridgehead atoms. The fourth-order valence-electron chi connectivity index (χ4n) is 2.68. The van der Waals surface area contributed by atoms with Crippen LogP contribution in [-0.4, -0.2) is 36.3 Å². The molecule has 0 aliphatic rings. The zero-order valence-electron chi connectivity index (χ0n) is 18.6. The Hall–Kier alpha value is -3.35. The fraction of sp³-hybridized carbons (Fsp3) is 0.375. The Morgan fingerprint density at radius 3 is 1.94 bits per heavy atom. The van der Waals surface area contributed by atoms with Crippen molar-refractivity contribution in [3.8, 4) is 0 Å². The largest absolute Gasteiger partial charge is 0.376 e. The van der Waals surface area contributed by atoms with Crippen LogP contribution in [0.4, 0.5) is 11.4 Å². The third-order valence-corrected chi connectivity index (χ3v) is 4.99. The molecule has 31 heavy (non-hydrogen) atoms. The Balaban J connectivity index is 1.87. The van der Waals surface area contributed by atoms with E-state index in [1.54, 1.807) is 48.5 Å². The lowest BCUT2D eigenvalue weighted by Gasteiger charge is -2.13. The van der Waals surface area contributed by atoms with Crippen molar-refractivity contribution < 1.29 is 14.4 Å². The molecule has 0 aromatic heterocycles. The molecule has 0 aliphatic carbocycles. The minimum absolute atomic E-state index is 0.0572. The van der Waals surface area contributed by atoms with Crippen molar-refractivity contribution in [2.75, 3.05) is 17.2 Å². The van der Waals surface area contributed by atoms with Crippen LogP contribution in [0.5, 0.6) is 0 Å². The van der Waals surface area contributed by atoms with E-state index in [4.69, 9.17) is 0 Å². The molecule has 7 heteroatoms. The summed E-state index contributed by atoms with van der Waals surface area (Å²) in [5, 5.41) is 11.6. The van der Waals surface area contributed by atoms with Gasteiger partial charge in [-0.05, 0) is 69.2 Å². The number of hydrogen-bond donors (Lipinski definition) is 4. The van der Waals surface area contributed by atoms with E-state index in [2.05, 4.69) is 21.3 Å². The summed E-state index contributed by atoms with van der Waals surface area (Å²) in [5.41, 5.74) is 2.36. The Morgan fingerprint density at radius 2 is 1.35 bits per heavy atom. The number of hydrogen-bond acceptors (Lipinski definition) is 4. The highest BCUT2D eigenvalue weighted by Crippen LogP contribution is 2.12. The van der Waals surface area contributed by atoms with E-state index in [0.717, 1.165) is 18.5 Å². The predicted molar refractivity (Wildman–Crippen MR) is 124 cm³/mol. The topological polar surface area (TPSA) is 99.3 Å². The first-order chi connectivity index (χ1) is 14.8. The minimum Gasteiger partial charge on any atom is -0.376 e. The third-order valence-electron chi connectivity index (χ3n) is 4.99. The number of anilines is 2. The highest BCUT2D eigenvalue weighted by Gasteiger charge is 2.11. The van der Waals surface area contributed by atoms with Crippen molar-refractivity contribution in [1.82, 2.24) is 10.6 Å². The van der Waals surface area contributed by atoms with Gasteiger partial charge in [-0.1, -0.05) is 19.9 Å². The monoisotopic (exact) mass is 424 g/mol. The highest BCUT2D eigenvalue weighted by atomic mass is 16.2. The number of nitrogens with one attached hydrogen (secondary N) is 4. The quantitative estimate of drug-likeness (QED) is 0.466. The molecule has 2 aromatic carbocycles. The highest BCUT2D eigenvalue weighted by molar-refractivity contribution is 5.98. The third kappa shape index (κ3) is 7.77. The van der Waals surface area contributed by atoms with Gasteiger partial charge in [0.2, 0.25) is 5.91 Å². The number of carbonyl (C=O) groups excluding carboxylic acids is 3. The molecule has 166 valence electrons. The lowest BCUT2D eigenvalue weighted by atomic mass is 10.1. The maximum absolute atomic E-state index is 12.3. The number of benzene rings is 2. The lowest BCUT2D eigenvalue weighted by molar-refractivity contribution is -0.114. The molecule has 0 aliphatic heterocycles. The van der Waals surface area contributed by atoms with Gasteiger partial charge in [-0.15, -0.1) is 0 Å². The molecule has 4 N–H and O–H groups in total. The maximum atomic E-state index is 12.3. The summed E-state index contributed by atoms with van der Waals surface area (Å²) in [6.07, 6.45) is 1.71. The zero-order chi connectivity index (χ0) is 22.8. The smallest absolute Gasteiger partial charge is 0.251 e. The number of rotatable bonds is 10. The molecular weight excluding hydrogens is 392 g/mol. The summed E-state index contributed by atoms with van der Waals surface area (Å²) < 4.78 is 0. The Kier molecular flexibility index (Phi) is 9.06. The Morgan fingerprint density at radius 1 is 0.774 bits per heavy atom. The summed E-state index contributed by atoms with van der Waals surface area (Å²) in [5.74, 6) is -0.519. The minimum atomic E-state index is -0.238. The van der Waals surface area contributed by atoms with E-state index in [0.29, 0.717) is 16.8 Å². The Labute approximate surface area is 184 Å². The summed E-state index contributed by atoms with van der Waals surface area (Å²) in [6.45, 7) is 7.98. The summed E-state index contributed by atoms with van der Waals surface area (Å²) in [4.78, 5) is 36.7. The fourth-order valence-corrected chi connectivity index (χ4v) is 2.68.